The molecular weight excluding hydrogens is 278 g/mol. The van der Waals surface area contributed by atoms with E-state index in [-0.39, 0.29) is 35.6 Å². The van der Waals surface area contributed by atoms with Crippen LogP contribution in [0.5, 0.6) is 11.5 Å². The third-order valence-electron chi connectivity index (χ3n) is 5.02. The molecule has 1 spiro atoms. The van der Waals surface area contributed by atoms with Crippen molar-refractivity contribution in [3.63, 3.8) is 0 Å². The van der Waals surface area contributed by atoms with Gasteiger partial charge in [0.05, 0.1) is 12.5 Å². The fourth-order valence-electron chi connectivity index (χ4n) is 4.12. The van der Waals surface area contributed by atoms with E-state index in [1.54, 1.807) is 0 Å². The molecule has 22 heavy (non-hydrogen) atoms. The first-order chi connectivity index (χ1) is 15.4. The molecule has 2 heterocycles. The maximum atomic E-state index is 9.50. The van der Waals surface area contributed by atoms with Gasteiger partial charge in [0, 0.05) is 32.5 Å². The highest BCUT2D eigenvalue weighted by Crippen LogP contribution is 2.62. The Morgan fingerprint density at radius 1 is 1.59 bits per heavy atom. The van der Waals surface area contributed by atoms with Gasteiger partial charge in [0.1, 0.15) is 12.2 Å². The molecule has 4 heteroatoms. The first-order valence-corrected chi connectivity index (χ1v) is 7.07. The predicted octanol–water partition coefficient (Wildman–Crippen LogP) is 1.50. The van der Waals surface area contributed by atoms with E-state index in [4.69, 9.17) is 23.2 Å². The second-order valence-electron chi connectivity index (χ2n) is 5.91. The van der Waals surface area contributed by atoms with Gasteiger partial charge >= 0.3 is 0 Å². The molecule has 2 bridgehead atoms. The standard InChI is InChI=1S/C18H21NO3/c1-19-8-7-18-11-4-5-13(20)17(18)22-16-14(21-2)6-3-10(15(16)18)9-12(11)19/h3-6,11-13,17,20H,7-9H2,1-2H3/t11-,12+,13?,17?,18-/m0/s1/i1D3,2D3,9D2,11D,12D,13D,20D. The van der Waals surface area contributed by atoms with Gasteiger partial charge in [-0.15, -0.1) is 0 Å². The zero-order valence-electron chi connectivity index (χ0n) is 23.5. The number of likely N-dealkylation sites (tertiary alicyclic amines) is 1. The Hall–Kier alpha value is -1.52. The molecule has 0 aromatic heterocycles. The lowest BCUT2D eigenvalue weighted by Crippen LogP contribution is -2.64. The molecule has 0 radical (unpaired) electrons. The maximum Gasteiger partial charge on any atom is 0.211 e. The van der Waals surface area contributed by atoms with Crippen LogP contribution in [0.25, 0.3) is 0 Å². The van der Waals surface area contributed by atoms with Crippen LogP contribution in [0, 0.1) is 5.89 Å². The summed E-state index contributed by atoms with van der Waals surface area (Å²) in [6, 6.07) is -0.334. The van der Waals surface area contributed by atoms with Crippen LogP contribution in [0.1, 0.15) is 32.6 Å². The average Bonchev–Trinajstić information content (AvgIpc) is 3.05. The van der Waals surface area contributed by atoms with Crippen LogP contribution in [0.3, 0.4) is 0 Å². The number of methoxy groups -OCH3 is 1. The molecule has 5 rings (SSSR count). The van der Waals surface area contributed by atoms with Gasteiger partial charge in [-0.1, -0.05) is 18.2 Å². The summed E-state index contributed by atoms with van der Waals surface area (Å²) in [5.41, 5.74) is -1.80. The van der Waals surface area contributed by atoms with Crippen LogP contribution in [0.15, 0.2) is 24.3 Å². The number of aliphatic hydroxyl groups is 1. The summed E-state index contributed by atoms with van der Waals surface area (Å²) in [4.78, 5) is 0.686. The van der Waals surface area contributed by atoms with Crippen LogP contribution in [-0.2, 0) is 11.8 Å². The summed E-state index contributed by atoms with van der Waals surface area (Å²) in [7, 11) is -2.89. The monoisotopic (exact) mass is 311 g/mol. The van der Waals surface area contributed by atoms with Crippen LogP contribution in [0.4, 0.5) is 0 Å². The van der Waals surface area contributed by atoms with Crippen LogP contribution in [-0.4, -0.2) is 50.2 Å². The average molecular weight is 311 g/mol. The number of hydrogen-bond acceptors (Lipinski definition) is 4. The molecule has 1 fully saturated rings. The molecule has 5 atom stereocenters. The second-order valence-corrected chi connectivity index (χ2v) is 5.91. The Bertz CT molecular complexity index is 1100. The van der Waals surface area contributed by atoms with Crippen molar-refractivity contribution in [2.45, 2.75) is 36.4 Å². The van der Waals surface area contributed by atoms with Crippen molar-refractivity contribution in [1.29, 1.82) is 1.43 Å². The number of hydrogen-bond donors (Lipinski definition) is 1. The zero-order valence-corrected chi connectivity index (χ0v) is 11.5. The lowest BCUT2D eigenvalue weighted by Gasteiger charge is -2.56. The lowest BCUT2D eigenvalue weighted by molar-refractivity contribution is -0.0453. The van der Waals surface area contributed by atoms with E-state index in [1.807, 2.05) is 0 Å². The minimum atomic E-state index is -2.92. The van der Waals surface area contributed by atoms with E-state index < -0.39 is 49.9 Å². The smallest absolute Gasteiger partial charge is 0.211 e. The molecule has 2 aliphatic carbocycles. The first-order valence-electron chi connectivity index (χ1n) is 13.0. The minimum Gasteiger partial charge on any atom is -0.493 e. The number of piperidine rings is 1. The SMILES string of the molecule is [2H]OC1([2H])C=C[C@]2([2H])[C@@]34CCN(C([2H])([2H])[2H])[C@]2([2H])C([2H])([2H])c2ccc(OC([2H])([2H])[2H])c(c23)OC14. The molecule has 1 aromatic carbocycles. The van der Waals surface area contributed by atoms with Crippen molar-refractivity contribution in [3.05, 3.63) is 35.4 Å². The maximum absolute atomic E-state index is 9.50. The Balaban J connectivity index is 1.91. The summed E-state index contributed by atoms with van der Waals surface area (Å²) < 4.78 is 110. The molecular formula is C18H21NO3. The van der Waals surface area contributed by atoms with Gasteiger partial charge in [-0.25, -0.2) is 0 Å². The number of likely N-dealkylation sites (N-methyl/N-ethyl adjacent to an activating group) is 1. The molecule has 2 unspecified atom stereocenters. The van der Waals surface area contributed by atoms with Gasteiger partial charge in [0.25, 0.3) is 0 Å². The van der Waals surface area contributed by atoms with Crippen LogP contribution in [0.2, 0.25) is 0 Å². The van der Waals surface area contributed by atoms with E-state index in [0.717, 1.165) is 18.2 Å². The largest absolute Gasteiger partial charge is 0.493 e. The van der Waals surface area contributed by atoms with Crippen molar-refractivity contribution < 1.29 is 29.7 Å². The number of nitrogens with zero attached hydrogens (tertiary/aromatic N) is 1. The molecule has 4 nitrogen and oxygen atoms in total. The summed E-state index contributed by atoms with van der Waals surface area (Å²) in [6.07, 6.45) is -4.52. The molecule has 0 amide bonds. The van der Waals surface area contributed by atoms with Crippen LogP contribution >= 0.6 is 0 Å². The highest BCUT2D eigenvalue weighted by atomic mass is 16.5. The molecule has 2 aliphatic heterocycles. The fraction of sp³-hybridized carbons (Fsp3) is 0.556. The Morgan fingerprint density at radius 3 is 3.45 bits per heavy atom. The highest BCUT2D eigenvalue weighted by Gasteiger charge is 2.64. The molecule has 1 N–H and O–H groups in total. The Morgan fingerprint density at radius 2 is 2.59 bits per heavy atom. The molecule has 4 aliphatic rings. The van der Waals surface area contributed by atoms with E-state index in [9.17, 15) is 2.74 Å². The lowest BCUT2D eigenvalue weighted by atomic mass is 9.53. The Kier molecular flexibility index (Phi) is 1.08. The van der Waals surface area contributed by atoms with Gasteiger partial charge < -0.3 is 19.5 Å². The highest BCUT2D eigenvalue weighted by molar-refractivity contribution is 5.62. The van der Waals surface area contributed by atoms with Crippen LogP contribution < -0.4 is 9.47 Å². The van der Waals surface area contributed by atoms with Gasteiger partial charge in [0.2, 0.25) is 1.43 Å². The third-order valence-corrected chi connectivity index (χ3v) is 5.02. The number of benzene rings is 1. The van der Waals surface area contributed by atoms with Crippen molar-refractivity contribution in [3.8, 4) is 11.5 Å². The molecule has 116 valence electrons. The van der Waals surface area contributed by atoms with Gasteiger partial charge in [-0.05, 0) is 37.9 Å². The second kappa shape index (κ2) is 4.06. The summed E-state index contributed by atoms with van der Waals surface area (Å²) in [6.45, 7) is -3.26. The van der Waals surface area contributed by atoms with Crippen molar-refractivity contribution in [2.24, 2.45) is 5.89 Å². The minimum absolute atomic E-state index is 0.0466. The van der Waals surface area contributed by atoms with Gasteiger partial charge in [-0.2, -0.15) is 0 Å². The fourth-order valence-corrected chi connectivity index (χ4v) is 4.12. The predicted molar refractivity (Wildman–Crippen MR) is 82.5 cm³/mol. The summed E-state index contributed by atoms with van der Waals surface area (Å²) in [5.74, 6) is -2.80. The van der Waals surface area contributed by atoms with E-state index >= 15 is 0 Å². The van der Waals surface area contributed by atoms with Crippen molar-refractivity contribution in [1.82, 2.24) is 4.90 Å². The summed E-state index contributed by atoms with van der Waals surface area (Å²) in [5, 5.41) is 4.68. The van der Waals surface area contributed by atoms with E-state index in [1.165, 1.54) is 6.07 Å². The Labute approximate surface area is 147 Å². The zero-order chi connectivity index (χ0) is 25.3. The number of ether oxygens (including phenoxy) is 2. The first kappa shape index (κ1) is 5.84. The van der Waals surface area contributed by atoms with Gasteiger partial charge in [-0.3, -0.25) is 0 Å². The third kappa shape index (κ3) is 1.28. The quantitative estimate of drug-likeness (QED) is 0.841. The number of rotatable bonds is 2. The van der Waals surface area contributed by atoms with Gasteiger partial charge in [0.15, 0.2) is 11.5 Å². The molecule has 1 saturated heterocycles. The van der Waals surface area contributed by atoms with Crippen molar-refractivity contribution in [2.75, 3.05) is 20.6 Å². The van der Waals surface area contributed by atoms with E-state index in [2.05, 4.69) is 5.11 Å². The topological polar surface area (TPSA) is 41.9 Å². The normalized spacial score (nSPS) is 62.5. The summed E-state index contributed by atoms with van der Waals surface area (Å²) >= 11 is 0. The van der Waals surface area contributed by atoms with Crippen molar-refractivity contribution >= 4 is 0 Å². The molecule has 0 saturated carbocycles. The van der Waals surface area contributed by atoms with E-state index in [0.29, 0.717) is 4.90 Å². The molecule has 1 aromatic rings.